The number of fused-ring (bicyclic) bond motifs is 1. The molecule has 1 aromatic rings. The molecule has 0 saturated heterocycles. The van der Waals surface area contributed by atoms with Crippen molar-refractivity contribution >= 4 is 15.7 Å². The highest BCUT2D eigenvalue weighted by Gasteiger charge is 2.28. The summed E-state index contributed by atoms with van der Waals surface area (Å²) in [7, 11) is -3.56. The Bertz CT molecular complexity index is 554. The third-order valence-electron chi connectivity index (χ3n) is 2.53. The summed E-state index contributed by atoms with van der Waals surface area (Å²) < 4.78 is 32.5. The molecule has 1 aromatic carbocycles. The Morgan fingerprint density at radius 1 is 1.61 bits per heavy atom. The quantitative estimate of drug-likeness (QED) is 0.812. The van der Waals surface area contributed by atoms with Crippen molar-refractivity contribution in [1.29, 1.82) is 0 Å². The predicted molar refractivity (Wildman–Crippen MR) is 70.4 cm³/mol. The van der Waals surface area contributed by atoms with Crippen LogP contribution < -0.4 is 14.8 Å². The van der Waals surface area contributed by atoms with E-state index in [1.165, 1.54) is 0 Å². The van der Waals surface area contributed by atoms with Gasteiger partial charge in [0.1, 0.15) is 17.3 Å². The Labute approximate surface area is 107 Å². The fourth-order valence-electron chi connectivity index (χ4n) is 1.80. The summed E-state index contributed by atoms with van der Waals surface area (Å²) >= 11 is 0. The van der Waals surface area contributed by atoms with E-state index in [2.05, 4.69) is 16.6 Å². The maximum absolute atomic E-state index is 12.2. The van der Waals surface area contributed by atoms with Crippen LogP contribution in [0.25, 0.3) is 0 Å². The molecule has 0 fully saturated rings. The van der Waals surface area contributed by atoms with Crippen LogP contribution >= 0.6 is 0 Å². The van der Waals surface area contributed by atoms with Gasteiger partial charge in [0.25, 0.3) is 0 Å². The fraction of sp³-hybridized carbons (Fsp3) is 0.333. The lowest BCUT2D eigenvalue weighted by molar-refractivity contribution is 0.288. The molecule has 1 atom stereocenters. The van der Waals surface area contributed by atoms with Gasteiger partial charge in [-0.15, -0.1) is 6.58 Å². The highest BCUT2D eigenvalue weighted by molar-refractivity contribution is 7.89. The van der Waals surface area contributed by atoms with Gasteiger partial charge in [0.2, 0.25) is 10.0 Å². The predicted octanol–water partition coefficient (Wildman–Crippen LogP) is 1.34. The van der Waals surface area contributed by atoms with Crippen LogP contribution in [-0.4, -0.2) is 27.6 Å². The highest BCUT2D eigenvalue weighted by Crippen LogP contribution is 2.33. The van der Waals surface area contributed by atoms with Crippen molar-refractivity contribution in [3.05, 3.63) is 30.9 Å². The first-order valence-corrected chi connectivity index (χ1v) is 7.16. The van der Waals surface area contributed by atoms with Gasteiger partial charge in [-0.1, -0.05) is 12.1 Å². The standard InChI is InChI=1S/C12H16N2O3S/c1-3-7-13-10-5-4-6-11-12(10)18(15,16)14-9(2)8-17-11/h3-6,9,13-14H,1,7-8H2,2H3/t9-/m1/s1. The van der Waals surface area contributed by atoms with Gasteiger partial charge in [0, 0.05) is 6.54 Å². The van der Waals surface area contributed by atoms with E-state index < -0.39 is 10.0 Å². The molecule has 0 saturated carbocycles. The monoisotopic (exact) mass is 268 g/mol. The van der Waals surface area contributed by atoms with Gasteiger partial charge in [0.15, 0.2) is 0 Å². The number of anilines is 1. The van der Waals surface area contributed by atoms with E-state index in [-0.39, 0.29) is 10.9 Å². The summed E-state index contributed by atoms with van der Waals surface area (Å²) in [4.78, 5) is 0.163. The number of rotatable bonds is 3. The number of ether oxygens (including phenoxy) is 1. The molecule has 0 spiro atoms. The van der Waals surface area contributed by atoms with Crippen molar-refractivity contribution in [3.63, 3.8) is 0 Å². The number of hydrogen-bond acceptors (Lipinski definition) is 4. The Balaban J connectivity index is 2.52. The van der Waals surface area contributed by atoms with E-state index in [0.717, 1.165) is 0 Å². The molecule has 98 valence electrons. The van der Waals surface area contributed by atoms with Crippen molar-refractivity contribution < 1.29 is 13.2 Å². The highest BCUT2D eigenvalue weighted by atomic mass is 32.2. The molecular weight excluding hydrogens is 252 g/mol. The van der Waals surface area contributed by atoms with Crippen LogP contribution in [0.4, 0.5) is 5.69 Å². The van der Waals surface area contributed by atoms with Crippen molar-refractivity contribution in [1.82, 2.24) is 4.72 Å². The number of benzene rings is 1. The van der Waals surface area contributed by atoms with E-state index in [1.807, 2.05) is 0 Å². The Morgan fingerprint density at radius 3 is 3.11 bits per heavy atom. The minimum Gasteiger partial charge on any atom is -0.490 e. The molecule has 2 N–H and O–H groups in total. The van der Waals surface area contributed by atoms with Gasteiger partial charge in [-0.2, -0.15) is 0 Å². The van der Waals surface area contributed by atoms with Crippen LogP contribution in [-0.2, 0) is 10.0 Å². The van der Waals surface area contributed by atoms with Crippen LogP contribution in [0.5, 0.6) is 5.75 Å². The average Bonchev–Trinajstić information content (AvgIpc) is 2.43. The van der Waals surface area contributed by atoms with Crippen molar-refractivity contribution in [3.8, 4) is 5.75 Å². The molecule has 1 aliphatic rings. The third-order valence-corrected chi connectivity index (χ3v) is 4.20. The van der Waals surface area contributed by atoms with Gasteiger partial charge < -0.3 is 10.1 Å². The summed E-state index contributed by atoms with van der Waals surface area (Å²) in [6.45, 7) is 6.16. The molecule has 0 bridgehead atoms. The fourth-order valence-corrected chi connectivity index (χ4v) is 3.34. The van der Waals surface area contributed by atoms with Crippen LogP contribution in [0.2, 0.25) is 0 Å². The molecule has 5 nitrogen and oxygen atoms in total. The van der Waals surface area contributed by atoms with Crippen LogP contribution in [0.3, 0.4) is 0 Å². The zero-order valence-corrected chi connectivity index (χ0v) is 11.0. The number of sulfonamides is 1. The molecule has 0 aliphatic carbocycles. The van der Waals surface area contributed by atoms with Crippen LogP contribution in [0.1, 0.15) is 6.92 Å². The largest absolute Gasteiger partial charge is 0.490 e. The summed E-state index contributed by atoms with van der Waals surface area (Å²) in [6.07, 6.45) is 1.67. The smallest absolute Gasteiger partial charge is 0.246 e. The summed E-state index contributed by atoms with van der Waals surface area (Å²) in [6, 6.07) is 4.87. The van der Waals surface area contributed by atoms with Crippen LogP contribution in [0, 0.1) is 0 Å². The molecule has 0 unspecified atom stereocenters. The Hall–Kier alpha value is -1.53. The normalized spacial score (nSPS) is 21.3. The molecule has 0 aromatic heterocycles. The second-order valence-corrected chi connectivity index (χ2v) is 5.79. The van der Waals surface area contributed by atoms with Gasteiger partial charge in [0.05, 0.1) is 11.7 Å². The van der Waals surface area contributed by atoms with E-state index in [0.29, 0.717) is 24.6 Å². The molecule has 1 heterocycles. The van der Waals surface area contributed by atoms with Crippen molar-refractivity contribution in [2.45, 2.75) is 17.9 Å². The first-order valence-electron chi connectivity index (χ1n) is 5.67. The minimum atomic E-state index is -3.56. The molecule has 1 aliphatic heterocycles. The first-order chi connectivity index (χ1) is 8.54. The topological polar surface area (TPSA) is 67.4 Å². The molecule has 18 heavy (non-hydrogen) atoms. The minimum absolute atomic E-state index is 0.163. The molecule has 2 rings (SSSR count). The Kier molecular flexibility index (Phi) is 3.58. The van der Waals surface area contributed by atoms with Crippen molar-refractivity contribution in [2.75, 3.05) is 18.5 Å². The Morgan fingerprint density at radius 2 is 2.39 bits per heavy atom. The van der Waals surface area contributed by atoms with Crippen LogP contribution in [0.15, 0.2) is 35.7 Å². The lowest BCUT2D eigenvalue weighted by Gasteiger charge is -2.12. The summed E-state index contributed by atoms with van der Waals surface area (Å²) in [5.41, 5.74) is 0.522. The van der Waals surface area contributed by atoms with Gasteiger partial charge in [-0.3, -0.25) is 0 Å². The van der Waals surface area contributed by atoms with Gasteiger partial charge in [-0.05, 0) is 19.1 Å². The maximum atomic E-state index is 12.2. The lowest BCUT2D eigenvalue weighted by Crippen LogP contribution is -2.34. The molecular formula is C12H16N2O3S. The van der Waals surface area contributed by atoms with Gasteiger partial charge in [-0.25, -0.2) is 13.1 Å². The zero-order chi connectivity index (χ0) is 13.2. The van der Waals surface area contributed by atoms with Gasteiger partial charge >= 0.3 is 0 Å². The summed E-state index contributed by atoms with van der Waals surface area (Å²) in [5, 5.41) is 3.00. The van der Waals surface area contributed by atoms with E-state index in [4.69, 9.17) is 4.74 Å². The molecule has 6 heteroatoms. The zero-order valence-electron chi connectivity index (χ0n) is 10.1. The maximum Gasteiger partial charge on any atom is 0.246 e. The molecule has 0 radical (unpaired) electrons. The second-order valence-electron chi connectivity index (χ2n) is 4.14. The van der Waals surface area contributed by atoms with Crippen molar-refractivity contribution in [2.24, 2.45) is 0 Å². The van der Waals surface area contributed by atoms with E-state index >= 15 is 0 Å². The average molecular weight is 268 g/mol. The number of hydrogen-bond donors (Lipinski definition) is 2. The van der Waals surface area contributed by atoms with E-state index in [1.54, 1.807) is 31.2 Å². The SMILES string of the molecule is C=CCNc1cccc2c1S(=O)(=O)N[C@H](C)CO2. The molecule has 0 amide bonds. The number of nitrogens with one attached hydrogen (secondary N) is 2. The third kappa shape index (κ3) is 2.49. The van der Waals surface area contributed by atoms with E-state index in [9.17, 15) is 8.42 Å². The first kappa shape index (κ1) is 12.9. The summed E-state index contributed by atoms with van der Waals surface area (Å²) in [5.74, 6) is 0.376. The lowest BCUT2D eigenvalue weighted by atomic mass is 10.3. The second kappa shape index (κ2) is 4.99.